The summed E-state index contributed by atoms with van der Waals surface area (Å²) in [7, 11) is 0. The molecule has 0 spiro atoms. The number of aromatic nitrogens is 1. The van der Waals surface area contributed by atoms with Crippen LogP contribution in [0.3, 0.4) is 0 Å². The second kappa shape index (κ2) is 12.0. The summed E-state index contributed by atoms with van der Waals surface area (Å²) in [4.78, 5) is 13.6. The van der Waals surface area contributed by atoms with E-state index in [9.17, 15) is 22.8 Å². The molecule has 2 aromatic heterocycles. The number of nitriles is 1. The van der Waals surface area contributed by atoms with Gasteiger partial charge in [0.05, 0.1) is 55.9 Å². The van der Waals surface area contributed by atoms with Crippen molar-refractivity contribution in [1.82, 2.24) is 14.8 Å². The largest absolute Gasteiger partial charge is 0.462 e. The van der Waals surface area contributed by atoms with Gasteiger partial charge in [-0.3, -0.25) is 19.8 Å². The number of nitrogens with zero attached hydrogens (tertiary/aromatic N) is 6. The van der Waals surface area contributed by atoms with Crippen LogP contribution in [0.4, 0.5) is 32.0 Å². The van der Waals surface area contributed by atoms with Crippen LogP contribution in [-0.2, 0) is 4.74 Å². The van der Waals surface area contributed by atoms with E-state index < -0.39 is 42.1 Å². The summed E-state index contributed by atoms with van der Waals surface area (Å²) in [5, 5.41) is 10.4. The Bertz CT molecular complexity index is 2210. The average molecular weight is 734 g/mol. The third-order valence-electron chi connectivity index (χ3n) is 9.36. The number of anilines is 2. The van der Waals surface area contributed by atoms with Crippen molar-refractivity contribution in [2.75, 3.05) is 43.5 Å². The van der Waals surface area contributed by atoms with E-state index in [4.69, 9.17) is 26.8 Å². The maximum absolute atomic E-state index is 17.3. The highest BCUT2D eigenvalue weighted by molar-refractivity contribution is 7.23. The second-order valence-electron chi connectivity index (χ2n) is 12.2. The molecule has 49 heavy (non-hydrogen) atoms. The van der Waals surface area contributed by atoms with Crippen LogP contribution in [0, 0.1) is 23.0 Å². The van der Waals surface area contributed by atoms with E-state index >= 15 is 4.39 Å². The lowest BCUT2D eigenvalue weighted by atomic mass is 9.95. The molecule has 0 radical (unpaired) electrons. The molecular formula is C32H25ClF5N7O2S2. The van der Waals surface area contributed by atoms with Gasteiger partial charge in [0.25, 0.3) is 6.43 Å². The molecule has 2 N–H and O–H groups in total. The molecule has 0 aliphatic carbocycles. The third-order valence-corrected chi connectivity index (χ3v) is 11.5. The molecule has 254 valence electrons. The van der Waals surface area contributed by atoms with Gasteiger partial charge >= 0.3 is 5.95 Å². The fourth-order valence-electron chi connectivity index (χ4n) is 7.33. The summed E-state index contributed by atoms with van der Waals surface area (Å²) in [5.74, 6) is -2.32. The van der Waals surface area contributed by atoms with Crippen LogP contribution in [0.1, 0.15) is 24.8 Å². The molecule has 2 fully saturated rings. The minimum Gasteiger partial charge on any atom is -0.462 e. The van der Waals surface area contributed by atoms with Crippen molar-refractivity contribution in [3.05, 3.63) is 68.8 Å². The fraction of sp³-hybridized carbons (Fsp3) is 0.344. The lowest BCUT2D eigenvalue weighted by molar-refractivity contribution is 0.0247. The van der Waals surface area contributed by atoms with Crippen molar-refractivity contribution in [3.8, 4) is 22.9 Å². The summed E-state index contributed by atoms with van der Waals surface area (Å²) in [5.41, 5.74) is 6.76. The number of rotatable bonds is 7. The molecule has 0 saturated carbocycles. The first kappa shape index (κ1) is 32.1. The molecule has 2 aromatic carbocycles. The van der Waals surface area contributed by atoms with Crippen LogP contribution in [0.15, 0.2) is 41.0 Å². The molecule has 17 heteroatoms. The zero-order chi connectivity index (χ0) is 34.2. The fourth-order valence-corrected chi connectivity index (χ4v) is 9.25. The molecule has 4 aromatic rings. The van der Waals surface area contributed by atoms with Gasteiger partial charge in [-0.1, -0.05) is 17.7 Å². The lowest BCUT2D eigenvalue weighted by Gasteiger charge is -2.33. The third kappa shape index (κ3) is 5.08. The zero-order valence-corrected chi connectivity index (χ0v) is 27.7. The molecular weight excluding hydrogens is 709 g/mol. The number of ether oxygens (including phenoxy) is 2. The van der Waals surface area contributed by atoms with Gasteiger partial charge in [-0.05, 0) is 31.0 Å². The van der Waals surface area contributed by atoms with E-state index in [-0.39, 0.29) is 85.4 Å². The number of halogens is 6. The van der Waals surface area contributed by atoms with E-state index in [0.717, 1.165) is 23.8 Å². The number of nitrogen functional groups attached to an aromatic ring is 1. The minimum atomic E-state index is -2.84. The Morgan fingerprint density at radius 2 is 2.12 bits per heavy atom. The Morgan fingerprint density at radius 3 is 2.88 bits per heavy atom. The predicted octanol–water partition coefficient (Wildman–Crippen LogP) is 5.92. The number of thiophene rings is 1. The number of fused-ring (bicyclic) bond motifs is 2. The van der Waals surface area contributed by atoms with E-state index in [1.54, 1.807) is 10.4 Å². The molecule has 4 aliphatic rings. The molecule has 0 unspecified atom stereocenters. The molecule has 8 rings (SSSR count). The molecule has 0 bridgehead atoms. The van der Waals surface area contributed by atoms with Gasteiger partial charge in [0.2, 0.25) is 0 Å². The first-order valence-electron chi connectivity index (χ1n) is 15.2. The average Bonchev–Trinajstić information content (AvgIpc) is 3.84. The summed E-state index contributed by atoms with van der Waals surface area (Å²) in [6, 6.07) is 4.39. The Hall–Kier alpha value is -4.17. The highest BCUT2D eigenvalue weighted by Crippen LogP contribution is 2.45. The minimum absolute atomic E-state index is 0.0181. The van der Waals surface area contributed by atoms with Crippen LogP contribution < -0.4 is 25.9 Å². The normalized spacial score (nSPS) is 21.7. The van der Waals surface area contributed by atoms with Crippen molar-refractivity contribution in [3.63, 3.8) is 0 Å². The maximum atomic E-state index is 17.3. The van der Waals surface area contributed by atoms with Gasteiger partial charge in [0.15, 0.2) is 11.6 Å². The van der Waals surface area contributed by atoms with Crippen LogP contribution in [-0.4, -0.2) is 65.8 Å². The summed E-state index contributed by atoms with van der Waals surface area (Å²) in [6.07, 6.45) is 0.604. The highest BCUT2D eigenvalue weighted by atomic mass is 35.5. The van der Waals surface area contributed by atoms with Crippen molar-refractivity contribution in [2.24, 2.45) is 4.99 Å². The van der Waals surface area contributed by atoms with Crippen LogP contribution >= 0.6 is 34.3 Å². The van der Waals surface area contributed by atoms with Crippen LogP contribution in [0.2, 0.25) is 5.02 Å². The summed E-state index contributed by atoms with van der Waals surface area (Å²) < 4.78 is 87.8. The van der Waals surface area contributed by atoms with Crippen molar-refractivity contribution < 1.29 is 31.4 Å². The maximum Gasteiger partial charge on any atom is 0.302 e. The summed E-state index contributed by atoms with van der Waals surface area (Å²) >= 11 is 9.03. The van der Waals surface area contributed by atoms with E-state index in [0.29, 0.717) is 18.0 Å². The van der Waals surface area contributed by atoms with Crippen LogP contribution in [0.25, 0.3) is 27.0 Å². The molecule has 9 nitrogen and oxygen atoms in total. The number of hydrogen-bond acceptors (Lipinski definition) is 11. The smallest absolute Gasteiger partial charge is 0.302 e. The first-order chi connectivity index (χ1) is 23.6. The predicted molar refractivity (Wildman–Crippen MR) is 175 cm³/mol. The van der Waals surface area contributed by atoms with Gasteiger partial charge in [0, 0.05) is 23.9 Å². The standard InChI is InChI=1S/C32H25ClF5N7O2S2/c33-25-23(16-2-3-18(35)29-22(16)17(7-39)30(40)49-29)26(38)28-24-27(25)42-13-45(20-8-41-14-48-20)31(24)43(10-19(36)37)11-21(47-28)46-12-32-4-1-5-44(32)9-15(34)6-32/h2-3,8,11,14-15,19H,1,4-6,9-10,12-13,40H2/t15-,32+/m1/s1. The Balaban J connectivity index is 1.37. The van der Waals surface area contributed by atoms with E-state index in [1.165, 1.54) is 34.7 Å². The SMILES string of the molecule is N#Cc1c(N)sc2c(F)ccc(-c3c(F)c4c5c(c3Cl)=NCN(c3cncs3)C=5N(CC(F)F)C=C(OC[C@@]35CCCN3C[C@H](F)C5)O4)c12. The topological polar surface area (TPSA) is 103 Å². The zero-order valence-electron chi connectivity index (χ0n) is 25.4. The molecule has 2 saturated heterocycles. The van der Waals surface area contributed by atoms with Crippen molar-refractivity contribution in [2.45, 2.75) is 37.4 Å². The molecule has 6 heterocycles. The number of benzene rings is 2. The van der Waals surface area contributed by atoms with Crippen molar-refractivity contribution >= 4 is 60.2 Å². The van der Waals surface area contributed by atoms with Gasteiger partial charge in [0.1, 0.15) is 47.2 Å². The quantitative estimate of drug-likeness (QED) is 0.234. The number of hydrogen-bond donors (Lipinski definition) is 1. The lowest BCUT2D eigenvalue weighted by Crippen LogP contribution is -2.47. The molecule has 4 aliphatic heterocycles. The number of alkyl halides is 3. The molecule has 0 amide bonds. The van der Waals surface area contributed by atoms with E-state index in [1.807, 2.05) is 11.0 Å². The van der Waals surface area contributed by atoms with Crippen molar-refractivity contribution in [1.29, 1.82) is 5.26 Å². The van der Waals surface area contributed by atoms with Gasteiger partial charge < -0.3 is 20.1 Å². The molecule has 2 atom stereocenters. The monoisotopic (exact) mass is 733 g/mol. The van der Waals surface area contributed by atoms with Gasteiger partial charge in [-0.15, -0.1) is 22.7 Å². The Labute approximate surface area is 288 Å². The van der Waals surface area contributed by atoms with Crippen LogP contribution in [0.5, 0.6) is 5.75 Å². The number of thiazole rings is 1. The van der Waals surface area contributed by atoms with Gasteiger partial charge in [-0.25, -0.2) is 22.0 Å². The highest BCUT2D eigenvalue weighted by Gasteiger charge is 2.49. The summed E-state index contributed by atoms with van der Waals surface area (Å²) in [6.45, 7) is -0.0127. The van der Waals surface area contributed by atoms with E-state index in [2.05, 4.69) is 9.98 Å². The Kier molecular flexibility index (Phi) is 7.86. The number of nitrogens with two attached hydrogens (primary N) is 1. The Morgan fingerprint density at radius 1 is 1.29 bits per heavy atom. The second-order valence-corrected chi connectivity index (χ2v) is 14.5. The van der Waals surface area contributed by atoms with Gasteiger partial charge in [-0.2, -0.15) is 5.26 Å². The first-order valence-corrected chi connectivity index (χ1v) is 17.3.